The highest BCUT2D eigenvalue weighted by atomic mass is 16.2. The summed E-state index contributed by atoms with van der Waals surface area (Å²) in [5.41, 5.74) is 2.99. The van der Waals surface area contributed by atoms with Gasteiger partial charge < -0.3 is 0 Å². The summed E-state index contributed by atoms with van der Waals surface area (Å²) < 4.78 is 3.00. The SMILES string of the molecule is CCC(=O)/C=C/c1ccc(Cn2c(=O)n(CCc3ccccc3)c(=O)c3ccccc32)cc1. The summed E-state index contributed by atoms with van der Waals surface area (Å²) in [6, 6.07) is 24.8. The smallest absolute Gasteiger partial charge is 0.295 e. The minimum Gasteiger partial charge on any atom is -0.295 e. The average molecular weight is 439 g/mol. The van der Waals surface area contributed by atoms with Gasteiger partial charge in [0.05, 0.1) is 17.4 Å². The van der Waals surface area contributed by atoms with Crippen LogP contribution in [0.1, 0.15) is 30.0 Å². The Morgan fingerprint density at radius 1 is 0.818 bits per heavy atom. The maximum atomic E-state index is 13.4. The third-order valence-corrected chi connectivity index (χ3v) is 5.73. The number of carbonyl (C=O) groups excluding carboxylic acids is 1. The van der Waals surface area contributed by atoms with Crippen LogP contribution in [0.2, 0.25) is 0 Å². The molecule has 3 aromatic carbocycles. The van der Waals surface area contributed by atoms with Gasteiger partial charge in [0.1, 0.15) is 0 Å². The largest absolute Gasteiger partial charge is 0.331 e. The van der Waals surface area contributed by atoms with E-state index < -0.39 is 0 Å². The molecule has 0 saturated heterocycles. The first-order valence-corrected chi connectivity index (χ1v) is 11.1. The molecule has 0 radical (unpaired) electrons. The van der Waals surface area contributed by atoms with Gasteiger partial charge in [-0.3, -0.25) is 18.7 Å². The fourth-order valence-corrected chi connectivity index (χ4v) is 3.83. The highest BCUT2D eigenvalue weighted by Crippen LogP contribution is 2.12. The van der Waals surface area contributed by atoms with Crippen molar-refractivity contribution in [3.8, 4) is 0 Å². The average Bonchev–Trinajstić information content (AvgIpc) is 2.86. The van der Waals surface area contributed by atoms with Crippen molar-refractivity contribution in [3.63, 3.8) is 0 Å². The molecule has 0 N–H and O–H groups in total. The minimum atomic E-state index is -0.313. The van der Waals surface area contributed by atoms with E-state index in [1.54, 1.807) is 22.8 Å². The molecule has 0 amide bonds. The van der Waals surface area contributed by atoms with Gasteiger partial charge in [-0.2, -0.15) is 0 Å². The second kappa shape index (κ2) is 10.1. The summed E-state index contributed by atoms with van der Waals surface area (Å²) in [6.45, 7) is 2.50. The highest BCUT2D eigenvalue weighted by Gasteiger charge is 2.13. The van der Waals surface area contributed by atoms with E-state index in [-0.39, 0.29) is 17.0 Å². The Hall–Kier alpha value is -3.99. The first-order valence-electron chi connectivity index (χ1n) is 11.1. The van der Waals surface area contributed by atoms with Crippen molar-refractivity contribution in [2.75, 3.05) is 0 Å². The molecule has 0 aliphatic heterocycles. The van der Waals surface area contributed by atoms with Gasteiger partial charge in [-0.1, -0.05) is 79.7 Å². The number of para-hydroxylation sites is 1. The molecule has 0 spiro atoms. The van der Waals surface area contributed by atoms with Gasteiger partial charge in [0.25, 0.3) is 5.56 Å². The molecule has 5 heteroatoms. The Balaban J connectivity index is 1.68. The lowest BCUT2D eigenvalue weighted by Gasteiger charge is -2.14. The van der Waals surface area contributed by atoms with E-state index in [1.807, 2.05) is 79.7 Å². The maximum Gasteiger partial charge on any atom is 0.331 e. The Kier molecular flexibility index (Phi) is 6.79. The molecule has 5 nitrogen and oxygen atoms in total. The van der Waals surface area contributed by atoms with E-state index in [1.165, 1.54) is 4.57 Å². The minimum absolute atomic E-state index is 0.0786. The van der Waals surface area contributed by atoms with Crippen LogP contribution in [0.3, 0.4) is 0 Å². The number of benzene rings is 3. The molecule has 4 rings (SSSR count). The normalized spacial score (nSPS) is 11.3. The molecule has 33 heavy (non-hydrogen) atoms. The Bertz CT molecular complexity index is 1410. The first kappa shape index (κ1) is 22.2. The molecule has 4 aromatic rings. The second-order valence-corrected chi connectivity index (χ2v) is 7.97. The molecule has 1 heterocycles. The van der Waals surface area contributed by atoms with Crippen molar-refractivity contribution in [1.82, 2.24) is 9.13 Å². The third-order valence-electron chi connectivity index (χ3n) is 5.73. The number of ketones is 1. The monoisotopic (exact) mass is 438 g/mol. The number of fused-ring (bicyclic) bond motifs is 1. The number of nitrogens with zero attached hydrogens (tertiary/aromatic N) is 2. The van der Waals surface area contributed by atoms with Crippen LogP contribution in [0.4, 0.5) is 0 Å². The van der Waals surface area contributed by atoms with E-state index in [0.717, 1.165) is 16.7 Å². The van der Waals surface area contributed by atoms with Crippen LogP contribution in [-0.4, -0.2) is 14.9 Å². The number of hydrogen-bond donors (Lipinski definition) is 0. The molecule has 0 fully saturated rings. The summed E-state index contributed by atoms with van der Waals surface area (Å²) >= 11 is 0. The molecule has 0 saturated carbocycles. The summed E-state index contributed by atoms with van der Waals surface area (Å²) in [5.74, 6) is 0.0786. The molecular weight excluding hydrogens is 412 g/mol. The predicted molar refractivity (Wildman–Crippen MR) is 132 cm³/mol. The highest BCUT2D eigenvalue weighted by molar-refractivity contribution is 5.93. The molecule has 1 aromatic heterocycles. The number of rotatable bonds is 8. The van der Waals surface area contributed by atoms with Crippen molar-refractivity contribution < 1.29 is 4.79 Å². The number of allylic oxidation sites excluding steroid dienone is 1. The van der Waals surface area contributed by atoms with Crippen LogP contribution in [0.25, 0.3) is 17.0 Å². The van der Waals surface area contributed by atoms with Crippen molar-refractivity contribution in [2.45, 2.75) is 32.9 Å². The quantitative estimate of drug-likeness (QED) is 0.382. The lowest BCUT2D eigenvalue weighted by molar-refractivity contribution is -0.114. The second-order valence-electron chi connectivity index (χ2n) is 7.97. The molecule has 166 valence electrons. The number of carbonyl (C=O) groups is 1. The molecule has 0 atom stereocenters. The van der Waals surface area contributed by atoms with E-state index in [2.05, 4.69) is 0 Å². The number of aryl methyl sites for hydroxylation is 1. The lowest BCUT2D eigenvalue weighted by Crippen LogP contribution is -2.40. The fourth-order valence-electron chi connectivity index (χ4n) is 3.83. The number of hydrogen-bond acceptors (Lipinski definition) is 3. The zero-order chi connectivity index (χ0) is 23.2. The third kappa shape index (κ3) is 5.09. The summed E-state index contributed by atoms with van der Waals surface area (Å²) in [6.07, 6.45) is 4.45. The summed E-state index contributed by atoms with van der Waals surface area (Å²) in [7, 11) is 0. The Morgan fingerprint density at radius 2 is 1.52 bits per heavy atom. The predicted octanol–water partition coefficient (Wildman–Crippen LogP) is 4.45. The molecule has 0 aliphatic carbocycles. The van der Waals surface area contributed by atoms with Crippen molar-refractivity contribution in [2.24, 2.45) is 0 Å². The standard InChI is InChI=1S/C28H26N2O3/c1-2-24(31)17-16-22-12-14-23(15-13-22)20-30-26-11-7-6-10-25(26)27(32)29(28(30)33)19-18-21-8-4-3-5-9-21/h3-17H,2,18-20H2,1H3/b17-16+. The molecule has 0 aliphatic rings. The van der Waals surface area contributed by atoms with Crippen molar-refractivity contribution in [3.05, 3.63) is 122 Å². The van der Waals surface area contributed by atoms with Gasteiger partial charge in [-0.15, -0.1) is 0 Å². The van der Waals surface area contributed by atoms with Gasteiger partial charge >= 0.3 is 5.69 Å². The van der Waals surface area contributed by atoms with Crippen LogP contribution in [0.5, 0.6) is 0 Å². The van der Waals surface area contributed by atoms with Gasteiger partial charge in [-0.05, 0) is 41.3 Å². The van der Waals surface area contributed by atoms with Crippen LogP contribution in [0.15, 0.2) is 94.5 Å². The van der Waals surface area contributed by atoms with Crippen molar-refractivity contribution in [1.29, 1.82) is 0 Å². The molecule has 0 bridgehead atoms. The first-order chi connectivity index (χ1) is 16.1. The summed E-state index contributed by atoms with van der Waals surface area (Å²) in [5, 5.41) is 0.530. The van der Waals surface area contributed by atoms with Crippen molar-refractivity contribution >= 4 is 22.8 Å². The zero-order valence-corrected chi connectivity index (χ0v) is 18.6. The van der Waals surface area contributed by atoms with E-state index in [9.17, 15) is 14.4 Å². The topological polar surface area (TPSA) is 61.1 Å². The van der Waals surface area contributed by atoms with E-state index >= 15 is 0 Å². The van der Waals surface area contributed by atoms with Crippen LogP contribution >= 0.6 is 0 Å². The van der Waals surface area contributed by atoms with Gasteiger partial charge in [0.2, 0.25) is 0 Å². The van der Waals surface area contributed by atoms with E-state index in [4.69, 9.17) is 0 Å². The summed E-state index contributed by atoms with van der Waals surface area (Å²) in [4.78, 5) is 38.0. The fraction of sp³-hybridized carbons (Fsp3) is 0.179. The Labute approximate surface area is 192 Å². The maximum absolute atomic E-state index is 13.4. The van der Waals surface area contributed by atoms with Crippen LogP contribution < -0.4 is 11.2 Å². The van der Waals surface area contributed by atoms with Gasteiger partial charge in [-0.25, -0.2) is 4.79 Å². The van der Waals surface area contributed by atoms with Gasteiger partial charge in [0, 0.05) is 13.0 Å². The van der Waals surface area contributed by atoms with Crippen LogP contribution in [-0.2, 0) is 24.3 Å². The lowest BCUT2D eigenvalue weighted by atomic mass is 10.1. The Morgan fingerprint density at radius 3 is 2.24 bits per heavy atom. The zero-order valence-electron chi connectivity index (χ0n) is 18.6. The molecule has 0 unspecified atom stereocenters. The number of aromatic nitrogens is 2. The van der Waals surface area contributed by atoms with Gasteiger partial charge in [0.15, 0.2) is 5.78 Å². The van der Waals surface area contributed by atoms with Crippen LogP contribution in [0, 0.1) is 0 Å². The van der Waals surface area contributed by atoms with E-state index in [0.29, 0.717) is 36.8 Å². The molecular formula is C28H26N2O3.